The van der Waals surface area contributed by atoms with E-state index in [1.54, 1.807) is 0 Å². The lowest BCUT2D eigenvalue weighted by Crippen LogP contribution is -2.57. The first-order chi connectivity index (χ1) is 11.6. The average molecular weight is 338 g/mol. The Labute approximate surface area is 144 Å². The molecule has 2 unspecified atom stereocenters. The summed E-state index contributed by atoms with van der Waals surface area (Å²) in [5, 5.41) is 0. The Morgan fingerprint density at radius 1 is 1.08 bits per heavy atom. The number of nitrogens with zero attached hydrogens (tertiary/aromatic N) is 2. The second-order valence-corrected chi connectivity index (χ2v) is 8.17. The number of hydrogen-bond donors (Lipinski definition) is 0. The zero-order chi connectivity index (χ0) is 16.6. The summed E-state index contributed by atoms with van der Waals surface area (Å²) in [6.45, 7) is 4.88. The molecule has 0 bridgehead atoms. The summed E-state index contributed by atoms with van der Waals surface area (Å²) in [5.41, 5.74) is -0.250. The van der Waals surface area contributed by atoms with Gasteiger partial charge in [0.05, 0.1) is 24.9 Å². The van der Waals surface area contributed by atoms with Crippen molar-refractivity contribution < 1.29 is 19.0 Å². The van der Waals surface area contributed by atoms with Gasteiger partial charge >= 0.3 is 6.09 Å². The Bertz CT molecular complexity index is 476. The third kappa shape index (κ3) is 3.28. The van der Waals surface area contributed by atoms with Crippen LogP contribution in [0.4, 0.5) is 4.79 Å². The monoisotopic (exact) mass is 338 g/mol. The molecule has 1 aliphatic carbocycles. The summed E-state index contributed by atoms with van der Waals surface area (Å²) in [4.78, 5) is 16.6. The molecule has 4 fully saturated rings. The molecule has 2 spiro atoms. The second-order valence-electron chi connectivity index (χ2n) is 8.17. The molecular formula is C18H30N2O4. The van der Waals surface area contributed by atoms with Gasteiger partial charge in [0.2, 0.25) is 0 Å². The zero-order valence-corrected chi connectivity index (χ0v) is 14.8. The largest absolute Gasteiger partial charge is 0.443 e. The summed E-state index contributed by atoms with van der Waals surface area (Å²) in [5.74, 6) is 0. The van der Waals surface area contributed by atoms with E-state index in [2.05, 4.69) is 11.9 Å². The van der Waals surface area contributed by atoms with Gasteiger partial charge in [-0.3, -0.25) is 0 Å². The first-order valence-electron chi connectivity index (χ1n) is 9.50. The van der Waals surface area contributed by atoms with E-state index in [9.17, 15) is 4.79 Å². The predicted octanol–water partition coefficient (Wildman–Crippen LogP) is 2.02. The molecule has 3 aliphatic heterocycles. The van der Waals surface area contributed by atoms with Crippen molar-refractivity contribution in [1.82, 2.24) is 9.80 Å². The molecule has 0 aromatic carbocycles. The van der Waals surface area contributed by atoms with E-state index in [1.807, 2.05) is 4.90 Å². The van der Waals surface area contributed by atoms with E-state index >= 15 is 0 Å². The van der Waals surface area contributed by atoms with E-state index in [0.717, 1.165) is 58.3 Å². The van der Waals surface area contributed by atoms with Crippen molar-refractivity contribution >= 4 is 6.09 Å². The fourth-order valence-corrected chi connectivity index (χ4v) is 4.93. The van der Waals surface area contributed by atoms with Gasteiger partial charge in [-0.25, -0.2) is 4.79 Å². The van der Waals surface area contributed by atoms with Gasteiger partial charge < -0.3 is 24.0 Å². The van der Waals surface area contributed by atoms with E-state index in [0.29, 0.717) is 13.2 Å². The maximum absolute atomic E-state index is 12.5. The summed E-state index contributed by atoms with van der Waals surface area (Å²) in [6, 6.07) is 0. The molecule has 0 radical (unpaired) electrons. The van der Waals surface area contributed by atoms with Crippen LogP contribution < -0.4 is 0 Å². The van der Waals surface area contributed by atoms with Crippen molar-refractivity contribution in [3.05, 3.63) is 0 Å². The van der Waals surface area contributed by atoms with E-state index in [1.165, 1.54) is 12.8 Å². The normalized spacial score (nSPS) is 37.1. The van der Waals surface area contributed by atoms with Crippen LogP contribution in [-0.2, 0) is 14.2 Å². The fraction of sp³-hybridized carbons (Fsp3) is 0.944. The van der Waals surface area contributed by atoms with Crippen molar-refractivity contribution in [3.8, 4) is 0 Å². The molecule has 4 rings (SSSR count). The summed E-state index contributed by atoms with van der Waals surface area (Å²) < 4.78 is 17.9. The van der Waals surface area contributed by atoms with Crippen molar-refractivity contribution in [2.75, 3.05) is 46.4 Å². The molecule has 6 heteroatoms. The number of carbonyl (C=O) groups excluding carboxylic acids is 1. The molecule has 1 amide bonds. The topological polar surface area (TPSA) is 51.2 Å². The Hall–Kier alpha value is -0.850. The summed E-state index contributed by atoms with van der Waals surface area (Å²) >= 11 is 0. The number of hydrogen-bond acceptors (Lipinski definition) is 5. The lowest BCUT2D eigenvalue weighted by molar-refractivity contribution is -0.173. The van der Waals surface area contributed by atoms with Crippen molar-refractivity contribution in [3.63, 3.8) is 0 Å². The lowest BCUT2D eigenvalue weighted by Gasteiger charge is -2.47. The molecular weight excluding hydrogens is 308 g/mol. The van der Waals surface area contributed by atoms with Gasteiger partial charge in [0.15, 0.2) is 0 Å². The molecule has 136 valence electrons. The highest BCUT2D eigenvalue weighted by Gasteiger charge is 2.45. The predicted molar refractivity (Wildman–Crippen MR) is 89.0 cm³/mol. The number of morpholine rings is 1. The number of amides is 1. The Morgan fingerprint density at radius 2 is 1.92 bits per heavy atom. The fourth-order valence-electron chi connectivity index (χ4n) is 4.93. The van der Waals surface area contributed by atoms with Crippen LogP contribution in [0.3, 0.4) is 0 Å². The van der Waals surface area contributed by atoms with Crippen molar-refractivity contribution in [2.45, 2.75) is 62.3 Å². The molecule has 0 aromatic rings. The van der Waals surface area contributed by atoms with Gasteiger partial charge in [-0.1, -0.05) is 0 Å². The molecule has 2 atom stereocenters. The van der Waals surface area contributed by atoms with E-state index in [-0.39, 0.29) is 23.4 Å². The van der Waals surface area contributed by atoms with Crippen LogP contribution in [-0.4, -0.2) is 79.6 Å². The number of rotatable bonds is 2. The standard InChI is InChI=1S/C18H30N2O4/c1-19-9-11-23-18(14-19)7-10-22-15(12-18)13-20-8-6-17(24-16(20)21)4-2-3-5-17/h15H,2-14H2,1H3. The average Bonchev–Trinajstić information content (AvgIpc) is 2.98. The molecule has 0 aromatic heterocycles. The summed E-state index contributed by atoms with van der Waals surface area (Å²) in [7, 11) is 2.15. The molecule has 3 saturated heterocycles. The van der Waals surface area contributed by atoms with Gasteiger partial charge in [-0.05, 0) is 32.7 Å². The van der Waals surface area contributed by atoms with Crippen LogP contribution in [0, 0.1) is 0 Å². The van der Waals surface area contributed by atoms with Crippen molar-refractivity contribution in [2.24, 2.45) is 0 Å². The quantitative estimate of drug-likeness (QED) is 0.771. The third-order valence-electron chi connectivity index (χ3n) is 6.29. The van der Waals surface area contributed by atoms with Crippen LogP contribution in [0.2, 0.25) is 0 Å². The van der Waals surface area contributed by atoms with Gasteiger partial charge in [0, 0.05) is 45.5 Å². The Kier molecular flexibility index (Phi) is 4.47. The number of likely N-dealkylation sites (N-methyl/N-ethyl adjacent to an activating group) is 1. The molecule has 24 heavy (non-hydrogen) atoms. The van der Waals surface area contributed by atoms with Crippen LogP contribution in [0.15, 0.2) is 0 Å². The van der Waals surface area contributed by atoms with Crippen LogP contribution in [0.1, 0.15) is 44.9 Å². The molecule has 3 heterocycles. The lowest BCUT2D eigenvalue weighted by atomic mass is 9.88. The maximum atomic E-state index is 12.5. The number of carbonyl (C=O) groups is 1. The second kappa shape index (κ2) is 6.46. The van der Waals surface area contributed by atoms with Crippen LogP contribution in [0.25, 0.3) is 0 Å². The maximum Gasteiger partial charge on any atom is 0.410 e. The Balaban J connectivity index is 1.34. The number of ether oxygens (including phenoxy) is 3. The van der Waals surface area contributed by atoms with Gasteiger partial charge in [0.25, 0.3) is 0 Å². The van der Waals surface area contributed by atoms with Gasteiger partial charge in [-0.15, -0.1) is 0 Å². The van der Waals surface area contributed by atoms with Crippen molar-refractivity contribution in [1.29, 1.82) is 0 Å². The SMILES string of the molecule is CN1CCOC2(CCOC(CN3CCC4(CCCC4)OC3=O)C2)C1. The first kappa shape index (κ1) is 16.6. The third-order valence-corrected chi connectivity index (χ3v) is 6.29. The zero-order valence-electron chi connectivity index (χ0n) is 14.8. The van der Waals surface area contributed by atoms with Gasteiger partial charge in [0.1, 0.15) is 5.60 Å². The first-order valence-corrected chi connectivity index (χ1v) is 9.50. The molecule has 6 nitrogen and oxygen atoms in total. The molecule has 4 aliphatic rings. The molecule has 0 N–H and O–H groups in total. The van der Waals surface area contributed by atoms with Crippen LogP contribution in [0.5, 0.6) is 0 Å². The van der Waals surface area contributed by atoms with Gasteiger partial charge in [-0.2, -0.15) is 0 Å². The highest BCUT2D eigenvalue weighted by Crippen LogP contribution is 2.39. The van der Waals surface area contributed by atoms with Crippen LogP contribution >= 0.6 is 0 Å². The minimum absolute atomic E-state index is 0.0513. The van der Waals surface area contributed by atoms with E-state index in [4.69, 9.17) is 14.2 Å². The Morgan fingerprint density at radius 3 is 2.67 bits per heavy atom. The van der Waals surface area contributed by atoms with E-state index < -0.39 is 0 Å². The molecule has 1 saturated carbocycles. The smallest absolute Gasteiger partial charge is 0.410 e. The minimum atomic E-state index is -0.155. The highest BCUT2D eigenvalue weighted by molar-refractivity contribution is 5.69. The highest BCUT2D eigenvalue weighted by atomic mass is 16.6. The summed E-state index contributed by atoms with van der Waals surface area (Å²) in [6.07, 6.45) is 7.14. The minimum Gasteiger partial charge on any atom is -0.443 e.